The first-order valence-electron chi connectivity index (χ1n) is 12.2. The van der Waals surface area contributed by atoms with Gasteiger partial charge in [-0.1, -0.05) is 80.2 Å². The Bertz CT molecular complexity index is 1140. The van der Waals surface area contributed by atoms with Crippen LogP contribution in [0.4, 0.5) is 0 Å². The summed E-state index contributed by atoms with van der Waals surface area (Å²) in [5, 5.41) is 9.26. The molecule has 1 saturated heterocycles. The summed E-state index contributed by atoms with van der Waals surface area (Å²) >= 11 is 1.45. The molecular formula is C28H34N4O2S. The molecular weight excluding hydrogens is 456 g/mol. The van der Waals surface area contributed by atoms with Gasteiger partial charge in [0.15, 0.2) is 11.0 Å². The monoisotopic (exact) mass is 490 g/mol. The van der Waals surface area contributed by atoms with Crippen LogP contribution in [-0.4, -0.2) is 43.9 Å². The van der Waals surface area contributed by atoms with Crippen molar-refractivity contribution in [2.75, 3.05) is 13.1 Å². The zero-order valence-electron chi connectivity index (χ0n) is 20.8. The molecule has 2 heterocycles. The number of carbonyl (C=O) groups is 1. The zero-order chi connectivity index (χ0) is 24.8. The maximum atomic E-state index is 13.2. The number of benzene rings is 2. The van der Waals surface area contributed by atoms with Crippen molar-refractivity contribution in [3.05, 3.63) is 73.1 Å². The third-order valence-electron chi connectivity index (χ3n) is 6.24. The van der Waals surface area contributed by atoms with Gasteiger partial charge in [0.05, 0.1) is 5.25 Å². The molecule has 1 aliphatic rings. The van der Waals surface area contributed by atoms with E-state index >= 15 is 0 Å². The maximum absolute atomic E-state index is 13.2. The molecule has 35 heavy (non-hydrogen) atoms. The molecule has 1 amide bonds. The molecule has 0 bridgehead atoms. The Kier molecular flexibility index (Phi) is 8.29. The van der Waals surface area contributed by atoms with Gasteiger partial charge in [0.2, 0.25) is 5.91 Å². The number of hydrogen-bond donors (Lipinski definition) is 0. The largest absolute Gasteiger partial charge is 0.485 e. The molecule has 184 valence electrons. The lowest BCUT2D eigenvalue weighted by atomic mass is 9.92. The Morgan fingerprint density at radius 2 is 1.80 bits per heavy atom. The summed E-state index contributed by atoms with van der Waals surface area (Å²) in [5.74, 6) is 2.72. The van der Waals surface area contributed by atoms with Crippen LogP contribution in [0.5, 0.6) is 5.75 Å². The molecule has 1 fully saturated rings. The summed E-state index contributed by atoms with van der Waals surface area (Å²) in [6, 6.07) is 18.2. The number of ether oxygens (including phenoxy) is 1. The Morgan fingerprint density at radius 3 is 2.51 bits per heavy atom. The number of nitrogens with zero attached hydrogens (tertiary/aromatic N) is 4. The number of aromatic nitrogens is 3. The minimum Gasteiger partial charge on any atom is -0.485 e. The second-order valence-electron chi connectivity index (χ2n) is 9.40. The van der Waals surface area contributed by atoms with Crippen molar-refractivity contribution in [2.24, 2.45) is 11.8 Å². The molecule has 0 saturated carbocycles. The zero-order valence-corrected chi connectivity index (χ0v) is 21.6. The highest BCUT2D eigenvalue weighted by molar-refractivity contribution is 8.00. The Morgan fingerprint density at radius 1 is 1.11 bits per heavy atom. The molecule has 0 aliphatic carbocycles. The molecule has 2 aromatic carbocycles. The molecule has 0 spiro atoms. The topological polar surface area (TPSA) is 60.2 Å². The third kappa shape index (κ3) is 6.14. The number of allylic oxidation sites excluding steroid dienone is 1. The molecule has 1 aromatic heterocycles. The van der Waals surface area contributed by atoms with Crippen LogP contribution in [0, 0.1) is 11.8 Å². The van der Waals surface area contributed by atoms with Crippen LogP contribution in [-0.2, 0) is 17.9 Å². The highest BCUT2D eigenvalue weighted by atomic mass is 32.2. The van der Waals surface area contributed by atoms with E-state index in [4.69, 9.17) is 4.74 Å². The van der Waals surface area contributed by atoms with Crippen LogP contribution in [0.15, 0.2) is 72.4 Å². The number of carbonyl (C=O) groups excluding carboxylic acids is 1. The first kappa shape index (κ1) is 25.0. The molecule has 1 aliphatic heterocycles. The molecule has 7 heteroatoms. The normalized spacial score (nSPS) is 18.8. The van der Waals surface area contributed by atoms with Gasteiger partial charge in [-0.15, -0.1) is 16.8 Å². The number of hydrogen-bond acceptors (Lipinski definition) is 5. The van der Waals surface area contributed by atoms with E-state index in [9.17, 15) is 4.79 Å². The molecule has 4 rings (SSSR count). The molecule has 3 aromatic rings. The molecule has 0 radical (unpaired) electrons. The highest BCUT2D eigenvalue weighted by Gasteiger charge is 2.29. The SMILES string of the molecule is C=CCn1c(COc2ccccc2-c2ccccc2)nnc1S[C@H](C)C(=O)N1C[C@H](C)C[C@H](C)C1. The highest BCUT2D eigenvalue weighted by Crippen LogP contribution is 2.31. The van der Waals surface area contributed by atoms with Crippen molar-refractivity contribution in [3.63, 3.8) is 0 Å². The predicted octanol–water partition coefficient (Wildman–Crippen LogP) is 5.70. The van der Waals surface area contributed by atoms with Crippen molar-refractivity contribution in [2.45, 2.75) is 50.8 Å². The van der Waals surface area contributed by atoms with Crippen LogP contribution in [0.2, 0.25) is 0 Å². The average Bonchev–Trinajstić information content (AvgIpc) is 3.23. The fourth-order valence-corrected chi connectivity index (χ4v) is 5.69. The second kappa shape index (κ2) is 11.6. The number of para-hydroxylation sites is 1. The number of amides is 1. The predicted molar refractivity (Wildman–Crippen MR) is 141 cm³/mol. The van der Waals surface area contributed by atoms with Gasteiger partial charge < -0.3 is 9.64 Å². The Labute approximate surface area is 212 Å². The molecule has 0 unspecified atom stereocenters. The molecule has 6 nitrogen and oxygen atoms in total. The van der Waals surface area contributed by atoms with E-state index in [1.807, 2.05) is 58.9 Å². The van der Waals surface area contributed by atoms with Gasteiger partial charge in [-0.2, -0.15) is 0 Å². The first-order chi connectivity index (χ1) is 17.0. The van der Waals surface area contributed by atoms with Gasteiger partial charge >= 0.3 is 0 Å². The van der Waals surface area contributed by atoms with Gasteiger partial charge in [-0.3, -0.25) is 9.36 Å². The fourth-order valence-electron chi connectivity index (χ4n) is 4.72. The minimum atomic E-state index is -0.243. The third-order valence-corrected chi connectivity index (χ3v) is 7.31. The summed E-state index contributed by atoms with van der Waals surface area (Å²) in [5.41, 5.74) is 2.13. The molecule has 0 N–H and O–H groups in total. The standard InChI is InChI=1S/C28H34N4O2S/c1-5-15-32-26(19-34-25-14-10-9-13-24(25)23-11-7-6-8-12-23)29-30-28(32)35-22(4)27(33)31-17-20(2)16-21(3)18-31/h5-14,20-22H,1,15-19H2,2-4H3/t20-,21+,22-/m1/s1. The van der Waals surface area contributed by atoms with Crippen LogP contribution >= 0.6 is 11.8 Å². The minimum absolute atomic E-state index is 0.163. The summed E-state index contributed by atoms with van der Waals surface area (Å²) in [6.07, 6.45) is 2.99. The smallest absolute Gasteiger partial charge is 0.235 e. The summed E-state index contributed by atoms with van der Waals surface area (Å²) in [6.45, 7) is 12.8. The quantitative estimate of drug-likeness (QED) is 0.285. The molecule has 3 atom stereocenters. The van der Waals surface area contributed by atoms with E-state index in [1.54, 1.807) is 0 Å². The van der Waals surface area contributed by atoms with E-state index in [1.165, 1.54) is 18.2 Å². The first-order valence-corrected chi connectivity index (χ1v) is 13.1. The van der Waals surface area contributed by atoms with Crippen molar-refractivity contribution >= 4 is 17.7 Å². The Hall–Kier alpha value is -3.06. The van der Waals surface area contributed by atoms with E-state index < -0.39 is 0 Å². The van der Waals surface area contributed by atoms with E-state index in [2.05, 4.69) is 48.8 Å². The van der Waals surface area contributed by atoms with Crippen molar-refractivity contribution < 1.29 is 9.53 Å². The van der Waals surface area contributed by atoms with Crippen LogP contribution in [0.25, 0.3) is 11.1 Å². The lowest BCUT2D eigenvalue weighted by molar-refractivity contribution is -0.132. The van der Waals surface area contributed by atoms with Gasteiger partial charge in [0.1, 0.15) is 12.4 Å². The lowest BCUT2D eigenvalue weighted by Crippen LogP contribution is -2.45. The lowest BCUT2D eigenvalue weighted by Gasteiger charge is -2.36. The van der Waals surface area contributed by atoms with E-state index in [-0.39, 0.29) is 17.8 Å². The average molecular weight is 491 g/mol. The number of rotatable bonds is 9. The van der Waals surface area contributed by atoms with E-state index in [0.717, 1.165) is 30.0 Å². The Balaban J connectivity index is 1.47. The van der Waals surface area contributed by atoms with Crippen molar-refractivity contribution in [1.29, 1.82) is 0 Å². The van der Waals surface area contributed by atoms with Gasteiger partial charge in [-0.05, 0) is 36.8 Å². The maximum Gasteiger partial charge on any atom is 0.235 e. The van der Waals surface area contributed by atoms with E-state index in [0.29, 0.717) is 29.4 Å². The fraction of sp³-hybridized carbons (Fsp3) is 0.393. The summed E-state index contributed by atoms with van der Waals surface area (Å²) in [4.78, 5) is 15.2. The van der Waals surface area contributed by atoms with Crippen molar-refractivity contribution in [1.82, 2.24) is 19.7 Å². The summed E-state index contributed by atoms with van der Waals surface area (Å²) < 4.78 is 8.19. The number of thioether (sulfide) groups is 1. The number of piperidine rings is 1. The summed E-state index contributed by atoms with van der Waals surface area (Å²) in [7, 11) is 0. The van der Waals surface area contributed by atoms with Crippen LogP contribution in [0.3, 0.4) is 0 Å². The van der Waals surface area contributed by atoms with Gasteiger partial charge in [-0.25, -0.2) is 0 Å². The second-order valence-corrected chi connectivity index (χ2v) is 10.7. The van der Waals surface area contributed by atoms with Crippen molar-refractivity contribution in [3.8, 4) is 16.9 Å². The van der Waals surface area contributed by atoms with Gasteiger partial charge in [0.25, 0.3) is 0 Å². The van der Waals surface area contributed by atoms with Crippen LogP contribution in [0.1, 0.15) is 33.0 Å². The van der Waals surface area contributed by atoms with Gasteiger partial charge in [0, 0.05) is 25.2 Å². The van der Waals surface area contributed by atoms with Crippen LogP contribution < -0.4 is 4.74 Å². The number of likely N-dealkylation sites (tertiary alicyclic amines) is 1.